The van der Waals surface area contributed by atoms with Crippen molar-refractivity contribution in [3.8, 4) is 22.3 Å². The maximum Gasteiger partial charge on any atom is 0.0471 e. The summed E-state index contributed by atoms with van der Waals surface area (Å²) in [4.78, 5) is 7.34. The molecule has 0 fully saturated rings. The molecule has 2 aromatic heterocycles. The van der Waals surface area contributed by atoms with Crippen molar-refractivity contribution < 1.29 is 0 Å². The van der Waals surface area contributed by atoms with Crippen LogP contribution >= 0.6 is 0 Å². The van der Waals surface area contributed by atoms with Gasteiger partial charge in [0.05, 0.1) is 0 Å². The molecule has 7 rings (SSSR count). The van der Waals surface area contributed by atoms with Gasteiger partial charge in [0, 0.05) is 43.6 Å². The van der Waals surface area contributed by atoms with Gasteiger partial charge in [0.15, 0.2) is 0 Å². The van der Waals surface area contributed by atoms with Crippen LogP contribution in [-0.4, -0.2) is 9.97 Å². The molecule has 0 atom stereocenters. The maximum absolute atomic E-state index is 3.70. The summed E-state index contributed by atoms with van der Waals surface area (Å²) < 4.78 is 0. The fourth-order valence-corrected chi connectivity index (χ4v) is 6.10. The standard InChI is InChI=1S/C37H34N2/c1-5-8-25-20-32-28-9-6-7-10-33(28)38-36(32)22-30(25)26-13-17-29-31-19-24(14-18-34(31)39-35(29)21-26)23-11-15-27(16-12-23)37(2,3)4/h6-7,9-22,38-39H,5,8H2,1-4H3. The normalized spacial score (nSPS) is 12.3. The molecule has 0 unspecified atom stereocenters. The van der Waals surface area contributed by atoms with E-state index in [1.807, 2.05) is 0 Å². The third-order valence-corrected chi connectivity index (χ3v) is 8.24. The quantitative estimate of drug-likeness (QED) is 0.238. The molecule has 0 spiro atoms. The van der Waals surface area contributed by atoms with Gasteiger partial charge >= 0.3 is 0 Å². The van der Waals surface area contributed by atoms with Crippen molar-refractivity contribution in [2.24, 2.45) is 0 Å². The lowest BCUT2D eigenvalue weighted by Gasteiger charge is -2.19. The minimum Gasteiger partial charge on any atom is -0.354 e. The molecule has 0 amide bonds. The van der Waals surface area contributed by atoms with E-state index in [4.69, 9.17) is 0 Å². The molecule has 0 aliphatic heterocycles. The van der Waals surface area contributed by atoms with Gasteiger partial charge in [0.1, 0.15) is 0 Å². The summed E-state index contributed by atoms with van der Waals surface area (Å²) >= 11 is 0. The Morgan fingerprint density at radius 1 is 0.538 bits per heavy atom. The first kappa shape index (κ1) is 23.8. The Balaban J connectivity index is 1.33. The van der Waals surface area contributed by atoms with Crippen LogP contribution in [-0.2, 0) is 11.8 Å². The Labute approximate surface area is 229 Å². The number of nitrogens with one attached hydrogen (secondary N) is 2. The van der Waals surface area contributed by atoms with Crippen molar-refractivity contribution in [1.29, 1.82) is 0 Å². The molecule has 192 valence electrons. The average molecular weight is 507 g/mol. The molecule has 0 saturated heterocycles. The number of para-hydroxylation sites is 1. The predicted molar refractivity (Wildman–Crippen MR) is 169 cm³/mol. The van der Waals surface area contributed by atoms with Crippen LogP contribution in [0.5, 0.6) is 0 Å². The van der Waals surface area contributed by atoms with Gasteiger partial charge in [-0.25, -0.2) is 0 Å². The first-order chi connectivity index (χ1) is 18.9. The number of aromatic amines is 2. The predicted octanol–water partition coefficient (Wildman–Crippen LogP) is 10.5. The molecule has 2 nitrogen and oxygen atoms in total. The van der Waals surface area contributed by atoms with E-state index in [1.54, 1.807) is 0 Å². The maximum atomic E-state index is 3.70. The van der Waals surface area contributed by atoms with Gasteiger partial charge in [0.2, 0.25) is 0 Å². The van der Waals surface area contributed by atoms with Crippen LogP contribution in [0.25, 0.3) is 65.9 Å². The number of hydrogen-bond donors (Lipinski definition) is 2. The molecular weight excluding hydrogens is 472 g/mol. The van der Waals surface area contributed by atoms with Crippen LogP contribution in [0.15, 0.2) is 97.1 Å². The molecule has 0 bridgehead atoms. The summed E-state index contributed by atoms with van der Waals surface area (Å²) in [6.45, 7) is 9.05. The topological polar surface area (TPSA) is 31.6 Å². The highest BCUT2D eigenvalue weighted by atomic mass is 14.7. The van der Waals surface area contributed by atoms with E-state index in [9.17, 15) is 0 Å². The number of H-pyrrole nitrogens is 2. The van der Waals surface area contributed by atoms with Gasteiger partial charge in [-0.1, -0.05) is 94.8 Å². The SMILES string of the molecule is CCCc1cc2c(cc1-c1ccc3c(c1)[nH]c1ccc(-c4ccc(C(C)(C)C)cc4)cc13)[nH]c1ccccc12. The summed E-state index contributed by atoms with van der Waals surface area (Å²) in [7, 11) is 0. The third-order valence-electron chi connectivity index (χ3n) is 8.24. The smallest absolute Gasteiger partial charge is 0.0471 e. The molecule has 2 heteroatoms. The number of aryl methyl sites for hydroxylation is 1. The van der Waals surface area contributed by atoms with Crippen LogP contribution in [0.4, 0.5) is 0 Å². The van der Waals surface area contributed by atoms with E-state index in [1.165, 1.54) is 77.0 Å². The number of rotatable bonds is 4. The molecule has 0 saturated carbocycles. The highest BCUT2D eigenvalue weighted by molar-refractivity contribution is 6.11. The van der Waals surface area contributed by atoms with Crippen LogP contribution in [0.2, 0.25) is 0 Å². The molecular formula is C37H34N2. The fourth-order valence-electron chi connectivity index (χ4n) is 6.10. The van der Waals surface area contributed by atoms with Crippen LogP contribution in [0.1, 0.15) is 45.2 Å². The highest BCUT2D eigenvalue weighted by Gasteiger charge is 2.15. The van der Waals surface area contributed by atoms with Crippen LogP contribution < -0.4 is 0 Å². The second kappa shape index (κ2) is 8.88. The summed E-state index contributed by atoms with van der Waals surface area (Å²) in [6.07, 6.45) is 2.18. The van der Waals surface area contributed by atoms with Gasteiger partial charge in [-0.2, -0.15) is 0 Å². The lowest BCUT2D eigenvalue weighted by Crippen LogP contribution is -2.10. The Bertz CT molecular complexity index is 1990. The van der Waals surface area contributed by atoms with E-state index < -0.39 is 0 Å². The second-order valence-corrected chi connectivity index (χ2v) is 11.9. The van der Waals surface area contributed by atoms with Crippen molar-refractivity contribution in [1.82, 2.24) is 9.97 Å². The molecule has 0 radical (unpaired) electrons. The summed E-state index contributed by atoms with van der Waals surface area (Å²) in [5.41, 5.74) is 12.8. The van der Waals surface area contributed by atoms with E-state index in [0.29, 0.717) is 0 Å². The Morgan fingerprint density at radius 3 is 1.95 bits per heavy atom. The molecule has 5 aromatic carbocycles. The number of fused-ring (bicyclic) bond motifs is 6. The first-order valence-corrected chi connectivity index (χ1v) is 14.1. The van der Waals surface area contributed by atoms with Gasteiger partial charge in [-0.3, -0.25) is 0 Å². The van der Waals surface area contributed by atoms with Gasteiger partial charge in [-0.05, 0) is 81.6 Å². The molecule has 0 aliphatic rings. The number of benzene rings is 5. The third kappa shape index (κ3) is 4.03. The molecule has 39 heavy (non-hydrogen) atoms. The Kier molecular flexibility index (Phi) is 5.42. The zero-order chi connectivity index (χ0) is 26.7. The second-order valence-electron chi connectivity index (χ2n) is 11.9. The van der Waals surface area contributed by atoms with E-state index >= 15 is 0 Å². The molecule has 0 aliphatic carbocycles. The molecule has 7 aromatic rings. The lowest BCUT2D eigenvalue weighted by molar-refractivity contribution is 0.590. The molecule has 2 heterocycles. The Morgan fingerprint density at radius 2 is 1.18 bits per heavy atom. The summed E-state index contributed by atoms with van der Waals surface area (Å²) in [6, 6.07) is 36.1. The Hall–Kier alpha value is -4.30. The minimum absolute atomic E-state index is 0.160. The number of aromatic nitrogens is 2. The van der Waals surface area contributed by atoms with Gasteiger partial charge in [-0.15, -0.1) is 0 Å². The summed E-state index contributed by atoms with van der Waals surface area (Å²) in [5.74, 6) is 0. The van der Waals surface area contributed by atoms with Gasteiger partial charge in [0.25, 0.3) is 0 Å². The van der Waals surface area contributed by atoms with Gasteiger partial charge < -0.3 is 9.97 Å². The fraction of sp³-hybridized carbons (Fsp3) is 0.189. The average Bonchev–Trinajstić information content (AvgIpc) is 3.49. The molecule has 2 N–H and O–H groups in total. The minimum atomic E-state index is 0.160. The van der Waals surface area contributed by atoms with Crippen molar-refractivity contribution in [2.45, 2.75) is 46.0 Å². The zero-order valence-electron chi connectivity index (χ0n) is 23.2. The lowest BCUT2D eigenvalue weighted by atomic mass is 9.86. The first-order valence-electron chi connectivity index (χ1n) is 14.1. The van der Waals surface area contributed by atoms with E-state index in [2.05, 4.69) is 135 Å². The zero-order valence-corrected chi connectivity index (χ0v) is 23.2. The van der Waals surface area contributed by atoms with Crippen LogP contribution in [0.3, 0.4) is 0 Å². The van der Waals surface area contributed by atoms with E-state index in [0.717, 1.165) is 12.8 Å². The largest absolute Gasteiger partial charge is 0.354 e. The van der Waals surface area contributed by atoms with E-state index in [-0.39, 0.29) is 5.41 Å². The van der Waals surface area contributed by atoms with Crippen molar-refractivity contribution in [2.75, 3.05) is 0 Å². The van der Waals surface area contributed by atoms with Crippen molar-refractivity contribution >= 4 is 43.6 Å². The summed E-state index contributed by atoms with van der Waals surface area (Å²) in [5, 5.41) is 5.15. The highest BCUT2D eigenvalue weighted by Crippen LogP contribution is 2.37. The van der Waals surface area contributed by atoms with Crippen molar-refractivity contribution in [3.05, 3.63) is 108 Å². The number of hydrogen-bond acceptors (Lipinski definition) is 0. The van der Waals surface area contributed by atoms with Crippen LogP contribution in [0, 0.1) is 0 Å². The van der Waals surface area contributed by atoms with Crippen molar-refractivity contribution in [3.63, 3.8) is 0 Å². The monoisotopic (exact) mass is 506 g/mol.